The van der Waals surface area contributed by atoms with Gasteiger partial charge in [-0.25, -0.2) is 0 Å². The molecule has 0 amide bonds. The van der Waals surface area contributed by atoms with Crippen LogP contribution in [0.3, 0.4) is 0 Å². The van der Waals surface area contributed by atoms with E-state index in [4.69, 9.17) is 4.74 Å². The van der Waals surface area contributed by atoms with Crippen molar-refractivity contribution in [3.05, 3.63) is 47.8 Å². The highest BCUT2D eigenvalue weighted by Crippen LogP contribution is 2.28. The Morgan fingerprint density at radius 3 is 2.74 bits per heavy atom. The van der Waals surface area contributed by atoms with Gasteiger partial charge in [-0.1, -0.05) is 30.3 Å². The molecular weight excluding hydrogens is 290 g/mol. The number of rotatable bonds is 5. The molecule has 2 heterocycles. The van der Waals surface area contributed by atoms with E-state index in [0.717, 1.165) is 31.9 Å². The molecule has 1 aromatic carbocycles. The highest BCUT2D eigenvalue weighted by atomic mass is 16.5. The van der Waals surface area contributed by atoms with Gasteiger partial charge in [-0.2, -0.15) is 15.0 Å². The van der Waals surface area contributed by atoms with Crippen LogP contribution in [0.1, 0.15) is 17.3 Å². The van der Waals surface area contributed by atoms with Gasteiger partial charge in [0.05, 0.1) is 30.6 Å². The van der Waals surface area contributed by atoms with Crippen LogP contribution in [0.5, 0.6) is 0 Å². The molecule has 1 aliphatic rings. The highest BCUT2D eigenvalue weighted by Gasteiger charge is 2.32. The maximum Gasteiger partial charge on any atom is 0.0967 e. The fraction of sp³-hybridized carbons (Fsp3) is 0.529. The first-order valence-corrected chi connectivity index (χ1v) is 8.04. The molecule has 0 saturated carbocycles. The largest absolute Gasteiger partial charge is 0.374 e. The first-order chi connectivity index (χ1) is 11.1. The monoisotopic (exact) mass is 315 g/mol. The molecule has 0 N–H and O–H groups in total. The second-order valence-corrected chi connectivity index (χ2v) is 6.27. The minimum Gasteiger partial charge on any atom is -0.374 e. The Morgan fingerprint density at radius 2 is 2.04 bits per heavy atom. The van der Waals surface area contributed by atoms with Gasteiger partial charge < -0.3 is 4.74 Å². The van der Waals surface area contributed by atoms with Crippen LogP contribution < -0.4 is 0 Å². The summed E-state index contributed by atoms with van der Waals surface area (Å²) in [6.45, 7) is 3.38. The second-order valence-electron chi connectivity index (χ2n) is 6.27. The summed E-state index contributed by atoms with van der Waals surface area (Å²) in [6, 6.07) is 10.9. The zero-order valence-corrected chi connectivity index (χ0v) is 14.1. The maximum absolute atomic E-state index is 6.10. The Kier molecular flexibility index (Phi) is 5.05. The predicted molar refractivity (Wildman–Crippen MR) is 88.9 cm³/mol. The van der Waals surface area contributed by atoms with E-state index in [-0.39, 0.29) is 12.1 Å². The van der Waals surface area contributed by atoms with E-state index >= 15 is 0 Å². The van der Waals surface area contributed by atoms with Crippen molar-refractivity contribution < 1.29 is 4.74 Å². The smallest absolute Gasteiger partial charge is 0.0967 e. The molecule has 0 unspecified atom stereocenters. The first-order valence-electron chi connectivity index (χ1n) is 8.04. The molecule has 2 aromatic rings. The van der Waals surface area contributed by atoms with Crippen molar-refractivity contribution in [2.45, 2.75) is 18.7 Å². The number of hydrogen-bond donors (Lipinski definition) is 0. The fourth-order valence-corrected chi connectivity index (χ4v) is 3.24. The van der Waals surface area contributed by atoms with Crippen LogP contribution in [0.4, 0.5) is 0 Å². The molecule has 0 radical (unpaired) electrons. The van der Waals surface area contributed by atoms with E-state index in [1.54, 1.807) is 4.80 Å². The molecule has 23 heavy (non-hydrogen) atoms. The summed E-state index contributed by atoms with van der Waals surface area (Å²) in [6.07, 6.45) is 1.97. The minimum absolute atomic E-state index is 0.151. The van der Waals surface area contributed by atoms with E-state index < -0.39 is 0 Å². The van der Waals surface area contributed by atoms with Crippen molar-refractivity contribution in [1.82, 2.24) is 24.8 Å². The zero-order valence-electron chi connectivity index (χ0n) is 14.1. The van der Waals surface area contributed by atoms with Crippen LogP contribution >= 0.6 is 0 Å². The van der Waals surface area contributed by atoms with E-state index in [2.05, 4.69) is 64.4 Å². The van der Waals surface area contributed by atoms with Crippen molar-refractivity contribution >= 4 is 0 Å². The maximum atomic E-state index is 6.10. The summed E-state index contributed by atoms with van der Waals surface area (Å²) in [4.78, 5) is 6.24. The number of aryl methyl sites for hydroxylation is 1. The van der Waals surface area contributed by atoms with Crippen molar-refractivity contribution in [2.75, 3.05) is 33.8 Å². The van der Waals surface area contributed by atoms with Gasteiger partial charge in [-0.15, -0.1) is 0 Å². The van der Waals surface area contributed by atoms with Crippen LogP contribution in [-0.4, -0.2) is 64.7 Å². The molecule has 1 fully saturated rings. The van der Waals surface area contributed by atoms with Gasteiger partial charge in [-0.05, 0) is 19.7 Å². The predicted octanol–water partition coefficient (Wildman–Crippen LogP) is 1.32. The highest BCUT2D eigenvalue weighted by molar-refractivity contribution is 5.21. The van der Waals surface area contributed by atoms with Gasteiger partial charge >= 0.3 is 0 Å². The van der Waals surface area contributed by atoms with Gasteiger partial charge in [-0.3, -0.25) is 9.80 Å². The average molecular weight is 315 g/mol. The topological polar surface area (TPSA) is 46.4 Å². The fourth-order valence-electron chi connectivity index (χ4n) is 3.24. The number of ether oxygens (including phenoxy) is 1. The molecular formula is C17H25N5O. The molecule has 1 aromatic heterocycles. The lowest BCUT2D eigenvalue weighted by atomic mass is 9.98. The molecule has 0 bridgehead atoms. The van der Waals surface area contributed by atoms with Crippen molar-refractivity contribution in [2.24, 2.45) is 7.05 Å². The molecule has 6 nitrogen and oxygen atoms in total. The Hall–Kier alpha value is -1.76. The van der Waals surface area contributed by atoms with E-state index in [1.807, 2.05) is 13.2 Å². The first kappa shape index (κ1) is 16.1. The van der Waals surface area contributed by atoms with Crippen LogP contribution in [0.25, 0.3) is 0 Å². The Morgan fingerprint density at radius 1 is 1.26 bits per heavy atom. The molecule has 124 valence electrons. The average Bonchev–Trinajstić information content (AvgIpc) is 2.93. The number of nitrogens with zero attached hydrogens (tertiary/aromatic N) is 5. The van der Waals surface area contributed by atoms with Gasteiger partial charge in [0.25, 0.3) is 0 Å². The van der Waals surface area contributed by atoms with E-state index in [1.165, 1.54) is 5.56 Å². The summed E-state index contributed by atoms with van der Waals surface area (Å²) < 4.78 is 6.10. The van der Waals surface area contributed by atoms with Gasteiger partial charge in [0, 0.05) is 26.7 Å². The number of benzene rings is 1. The normalized spacial score (nSPS) is 22.6. The minimum atomic E-state index is 0.151. The third-order valence-electron chi connectivity index (χ3n) is 4.31. The third kappa shape index (κ3) is 3.96. The summed E-state index contributed by atoms with van der Waals surface area (Å²) in [5.74, 6) is 0. The SMILES string of the molecule is CN(Cc1cnn(C)n1)C[C@@H]1OCCN(C)[C@H]1c1ccccc1. The second kappa shape index (κ2) is 7.21. The lowest BCUT2D eigenvalue weighted by molar-refractivity contribution is -0.0743. The van der Waals surface area contributed by atoms with Crippen LogP contribution in [0, 0.1) is 0 Å². The van der Waals surface area contributed by atoms with E-state index in [0.29, 0.717) is 0 Å². The lowest BCUT2D eigenvalue weighted by Gasteiger charge is -2.40. The Balaban J connectivity index is 1.68. The van der Waals surface area contributed by atoms with Crippen molar-refractivity contribution in [1.29, 1.82) is 0 Å². The van der Waals surface area contributed by atoms with E-state index in [9.17, 15) is 0 Å². The quantitative estimate of drug-likeness (QED) is 0.833. The molecule has 0 spiro atoms. The molecule has 1 aliphatic heterocycles. The molecule has 2 atom stereocenters. The Labute approximate surface area is 137 Å². The van der Waals surface area contributed by atoms with Gasteiger partial charge in [0.1, 0.15) is 0 Å². The third-order valence-corrected chi connectivity index (χ3v) is 4.31. The standard InChI is InChI=1S/C17H25N5O/c1-20(12-15-11-18-22(3)19-15)13-16-17(21(2)9-10-23-16)14-7-5-4-6-8-14/h4-8,11,16-17H,9-10,12-13H2,1-3H3/t16-,17-/m0/s1. The molecule has 1 saturated heterocycles. The summed E-state index contributed by atoms with van der Waals surface area (Å²) in [5.41, 5.74) is 2.29. The van der Waals surface area contributed by atoms with Crippen molar-refractivity contribution in [3.63, 3.8) is 0 Å². The van der Waals surface area contributed by atoms with Crippen LogP contribution in [0.2, 0.25) is 0 Å². The van der Waals surface area contributed by atoms with Crippen molar-refractivity contribution in [3.8, 4) is 0 Å². The van der Waals surface area contributed by atoms with Gasteiger partial charge in [0.15, 0.2) is 0 Å². The zero-order chi connectivity index (χ0) is 16.2. The number of aromatic nitrogens is 3. The molecule has 3 rings (SSSR count). The summed E-state index contributed by atoms with van der Waals surface area (Å²) in [5, 5.41) is 8.48. The molecule has 6 heteroatoms. The van der Waals surface area contributed by atoms with Gasteiger partial charge in [0.2, 0.25) is 0 Å². The molecule has 0 aliphatic carbocycles. The summed E-state index contributed by atoms with van der Waals surface area (Å²) in [7, 11) is 6.12. The van der Waals surface area contributed by atoms with Crippen LogP contribution in [-0.2, 0) is 18.3 Å². The lowest BCUT2D eigenvalue weighted by Crippen LogP contribution is -2.47. The summed E-state index contributed by atoms with van der Waals surface area (Å²) >= 11 is 0. The number of likely N-dealkylation sites (N-methyl/N-ethyl adjacent to an activating group) is 2. The van der Waals surface area contributed by atoms with Crippen LogP contribution in [0.15, 0.2) is 36.5 Å². The number of morpholine rings is 1. The number of hydrogen-bond acceptors (Lipinski definition) is 5. The Bertz CT molecular complexity index is 614.